The van der Waals surface area contributed by atoms with E-state index in [1.165, 1.54) is 4.52 Å². The van der Waals surface area contributed by atoms with Crippen LogP contribution < -0.4 is 20.3 Å². The van der Waals surface area contributed by atoms with Gasteiger partial charge in [-0.05, 0) is 18.2 Å². The van der Waals surface area contributed by atoms with Gasteiger partial charge in [0.15, 0.2) is 17.3 Å². The SMILES string of the molecule is O=C(Cc1n[nH]c(=O)c2cc(-c3ccccc3)nn12)Nc1ccc2c(c1)OCO2. The van der Waals surface area contributed by atoms with Crippen LogP contribution in [0.15, 0.2) is 59.4 Å². The lowest BCUT2D eigenvalue weighted by atomic mass is 10.1. The second kappa shape index (κ2) is 6.79. The van der Waals surface area contributed by atoms with Crippen molar-refractivity contribution in [2.24, 2.45) is 0 Å². The highest BCUT2D eigenvalue weighted by Crippen LogP contribution is 2.34. The first-order valence-corrected chi connectivity index (χ1v) is 8.90. The summed E-state index contributed by atoms with van der Waals surface area (Å²) < 4.78 is 12.0. The number of rotatable bonds is 4. The van der Waals surface area contributed by atoms with Gasteiger partial charge >= 0.3 is 0 Å². The van der Waals surface area contributed by atoms with E-state index in [2.05, 4.69) is 20.6 Å². The van der Waals surface area contributed by atoms with Gasteiger partial charge in [-0.15, -0.1) is 0 Å². The zero-order valence-electron chi connectivity index (χ0n) is 15.1. The number of fused-ring (bicyclic) bond motifs is 2. The second-order valence-corrected chi connectivity index (χ2v) is 6.45. The summed E-state index contributed by atoms with van der Waals surface area (Å²) in [6.07, 6.45) is -0.0718. The van der Waals surface area contributed by atoms with Crippen LogP contribution in [-0.2, 0) is 11.2 Å². The fourth-order valence-electron chi connectivity index (χ4n) is 3.15. The Morgan fingerprint density at radius 3 is 2.79 bits per heavy atom. The van der Waals surface area contributed by atoms with E-state index in [0.29, 0.717) is 34.2 Å². The standard InChI is InChI=1S/C20H15N5O4/c26-19(21-13-6-7-16-17(8-13)29-11-28-16)10-18-22-23-20(27)15-9-14(24-25(15)18)12-4-2-1-3-5-12/h1-9H,10-11H2,(H,21,26)(H,23,27). The van der Waals surface area contributed by atoms with Crippen molar-refractivity contribution >= 4 is 17.1 Å². The minimum absolute atomic E-state index is 0.0718. The van der Waals surface area contributed by atoms with E-state index in [0.717, 1.165) is 5.56 Å². The molecule has 29 heavy (non-hydrogen) atoms. The van der Waals surface area contributed by atoms with Crippen LogP contribution in [0.4, 0.5) is 5.69 Å². The minimum Gasteiger partial charge on any atom is -0.454 e. The highest BCUT2D eigenvalue weighted by Gasteiger charge is 2.17. The third kappa shape index (κ3) is 3.18. The molecular weight excluding hydrogens is 374 g/mol. The van der Waals surface area contributed by atoms with E-state index < -0.39 is 0 Å². The number of anilines is 1. The third-order valence-electron chi connectivity index (χ3n) is 4.52. The molecule has 9 heteroatoms. The minimum atomic E-state index is -0.375. The Labute approximate surface area is 163 Å². The monoisotopic (exact) mass is 389 g/mol. The fraction of sp³-hybridized carbons (Fsp3) is 0.100. The maximum atomic E-state index is 12.5. The van der Waals surface area contributed by atoms with Gasteiger partial charge in [-0.1, -0.05) is 30.3 Å². The van der Waals surface area contributed by atoms with Crippen molar-refractivity contribution in [2.75, 3.05) is 12.1 Å². The second-order valence-electron chi connectivity index (χ2n) is 6.45. The van der Waals surface area contributed by atoms with E-state index in [9.17, 15) is 9.59 Å². The molecule has 1 aliphatic rings. The molecule has 0 fully saturated rings. The van der Waals surface area contributed by atoms with Crippen LogP contribution in [0.5, 0.6) is 11.5 Å². The maximum absolute atomic E-state index is 12.5. The lowest BCUT2D eigenvalue weighted by molar-refractivity contribution is -0.115. The summed E-state index contributed by atoms with van der Waals surface area (Å²) in [5.41, 5.74) is 2.02. The molecule has 3 heterocycles. The molecule has 0 spiro atoms. The lowest BCUT2D eigenvalue weighted by Crippen LogP contribution is -2.22. The molecule has 0 atom stereocenters. The number of carbonyl (C=O) groups is 1. The van der Waals surface area contributed by atoms with Crippen molar-refractivity contribution < 1.29 is 14.3 Å². The van der Waals surface area contributed by atoms with Crippen molar-refractivity contribution in [3.63, 3.8) is 0 Å². The molecule has 0 saturated heterocycles. The number of aromatic nitrogens is 4. The highest BCUT2D eigenvalue weighted by atomic mass is 16.7. The normalized spacial score (nSPS) is 12.3. The lowest BCUT2D eigenvalue weighted by Gasteiger charge is -2.06. The number of hydrogen-bond acceptors (Lipinski definition) is 6. The molecule has 144 valence electrons. The predicted molar refractivity (Wildman–Crippen MR) is 104 cm³/mol. The van der Waals surface area contributed by atoms with Gasteiger partial charge in [-0.25, -0.2) is 9.61 Å². The van der Waals surface area contributed by atoms with Gasteiger partial charge in [0.05, 0.1) is 12.1 Å². The van der Waals surface area contributed by atoms with Gasteiger partial charge in [0.25, 0.3) is 5.56 Å². The van der Waals surface area contributed by atoms with Gasteiger partial charge in [0, 0.05) is 17.3 Å². The van der Waals surface area contributed by atoms with E-state index in [1.54, 1.807) is 24.3 Å². The number of carbonyl (C=O) groups excluding carboxylic acids is 1. The first-order chi connectivity index (χ1) is 14.2. The summed E-state index contributed by atoms with van der Waals surface area (Å²) in [4.78, 5) is 24.7. The van der Waals surface area contributed by atoms with Gasteiger partial charge in [0.1, 0.15) is 5.52 Å². The number of amides is 1. The largest absolute Gasteiger partial charge is 0.454 e. The number of nitrogens with one attached hydrogen (secondary N) is 2. The zero-order valence-corrected chi connectivity index (χ0v) is 15.1. The number of H-pyrrole nitrogens is 1. The summed E-state index contributed by atoms with van der Waals surface area (Å²) in [6.45, 7) is 0.162. The zero-order chi connectivity index (χ0) is 19.8. The molecule has 0 radical (unpaired) electrons. The summed E-state index contributed by atoms with van der Waals surface area (Å²) in [5.74, 6) is 1.23. The van der Waals surface area contributed by atoms with Gasteiger partial charge in [-0.2, -0.15) is 10.2 Å². The fourth-order valence-corrected chi connectivity index (χ4v) is 3.15. The topological polar surface area (TPSA) is 111 Å². The first-order valence-electron chi connectivity index (χ1n) is 8.90. The van der Waals surface area contributed by atoms with Crippen molar-refractivity contribution in [1.82, 2.24) is 19.8 Å². The number of aromatic amines is 1. The van der Waals surface area contributed by atoms with Crippen LogP contribution >= 0.6 is 0 Å². The highest BCUT2D eigenvalue weighted by molar-refractivity contribution is 5.92. The van der Waals surface area contributed by atoms with Crippen molar-refractivity contribution in [3.05, 3.63) is 70.8 Å². The molecule has 0 saturated carbocycles. The molecule has 2 N–H and O–H groups in total. The van der Waals surface area contributed by atoms with Crippen LogP contribution in [0, 0.1) is 0 Å². The van der Waals surface area contributed by atoms with Crippen LogP contribution in [0.3, 0.4) is 0 Å². The average Bonchev–Trinajstić information content (AvgIpc) is 3.38. The number of benzene rings is 2. The van der Waals surface area contributed by atoms with E-state index in [4.69, 9.17) is 9.47 Å². The van der Waals surface area contributed by atoms with Crippen molar-refractivity contribution in [3.8, 4) is 22.8 Å². The van der Waals surface area contributed by atoms with Gasteiger partial charge < -0.3 is 14.8 Å². The Bertz CT molecular complexity index is 1280. The number of hydrogen-bond donors (Lipinski definition) is 2. The Balaban J connectivity index is 1.42. The van der Waals surface area contributed by atoms with Crippen LogP contribution in [0.25, 0.3) is 16.8 Å². The quantitative estimate of drug-likeness (QED) is 0.552. The first kappa shape index (κ1) is 17.0. The van der Waals surface area contributed by atoms with Gasteiger partial charge in [-0.3, -0.25) is 9.59 Å². The average molecular weight is 389 g/mol. The molecule has 2 aromatic heterocycles. The molecule has 0 bridgehead atoms. The van der Waals surface area contributed by atoms with Crippen LogP contribution in [0.2, 0.25) is 0 Å². The van der Waals surface area contributed by atoms with Crippen LogP contribution in [-0.4, -0.2) is 32.5 Å². The van der Waals surface area contributed by atoms with Gasteiger partial charge in [0.2, 0.25) is 12.7 Å². The molecule has 5 rings (SSSR count). The predicted octanol–water partition coefficient (Wildman–Crippen LogP) is 1.99. The Morgan fingerprint density at radius 1 is 1.10 bits per heavy atom. The number of nitrogens with zero attached hydrogens (tertiary/aromatic N) is 3. The molecule has 1 aliphatic heterocycles. The Hall–Kier alpha value is -4.14. The van der Waals surface area contributed by atoms with Crippen molar-refractivity contribution in [2.45, 2.75) is 6.42 Å². The molecule has 1 amide bonds. The van der Waals surface area contributed by atoms with E-state index >= 15 is 0 Å². The number of ether oxygens (including phenoxy) is 2. The molecule has 4 aromatic rings. The molecule has 2 aromatic carbocycles. The summed E-state index contributed by atoms with van der Waals surface area (Å²) in [6, 6.07) is 16.3. The summed E-state index contributed by atoms with van der Waals surface area (Å²) in [5, 5.41) is 13.7. The molecule has 0 aliphatic carbocycles. The summed E-state index contributed by atoms with van der Waals surface area (Å²) in [7, 11) is 0. The molecule has 0 unspecified atom stereocenters. The molecule has 9 nitrogen and oxygen atoms in total. The van der Waals surface area contributed by atoms with E-state index in [-0.39, 0.29) is 24.7 Å². The van der Waals surface area contributed by atoms with E-state index in [1.807, 2.05) is 30.3 Å². The Kier molecular flexibility index (Phi) is 3.98. The maximum Gasteiger partial charge on any atom is 0.290 e. The smallest absolute Gasteiger partial charge is 0.290 e. The molecular formula is C20H15N5O4. The van der Waals surface area contributed by atoms with Crippen molar-refractivity contribution in [1.29, 1.82) is 0 Å². The Morgan fingerprint density at radius 2 is 1.93 bits per heavy atom. The van der Waals surface area contributed by atoms with Crippen LogP contribution in [0.1, 0.15) is 5.82 Å². The third-order valence-corrected chi connectivity index (χ3v) is 4.52. The summed E-state index contributed by atoms with van der Waals surface area (Å²) >= 11 is 0.